The molecule has 2 rings (SSSR count). The third-order valence-electron chi connectivity index (χ3n) is 2.53. The molecule has 1 fully saturated rings. The van der Waals surface area contributed by atoms with Crippen LogP contribution in [0.1, 0.15) is 17.2 Å². The summed E-state index contributed by atoms with van der Waals surface area (Å²) in [5, 5.41) is 4.01. The maximum absolute atomic E-state index is 13.7. The molecule has 18 heavy (non-hydrogen) atoms. The predicted molar refractivity (Wildman–Crippen MR) is 55.7 cm³/mol. The second kappa shape index (κ2) is 4.31. The third-order valence-corrected chi connectivity index (χ3v) is 2.81. The SMILES string of the molecule is O=C1NC[C@@H](c2cc(C(F)(F)F)cc(Cl)c2F)N1. The second-order valence-corrected chi connectivity index (χ2v) is 4.17. The van der Waals surface area contributed by atoms with Gasteiger partial charge < -0.3 is 10.6 Å². The molecular formula is C10H7ClF4N2O. The lowest BCUT2D eigenvalue weighted by Crippen LogP contribution is -2.22. The maximum Gasteiger partial charge on any atom is 0.416 e. The van der Waals surface area contributed by atoms with E-state index in [4.69, 9.17) is 11.6 Å². The van der Waals surface area contributed by atoms with Gasteiger partial charge in [0, 0.05) is 12.1 Å². The van der Waals surface area contributed by atoms with Crippen LogP contribution < -0.4 is 10.6 Å². The highest BCUT2D eigenvalue weighted by Crippen LogP contribution is 2.35. The van der Waals surface area contributed by atoms with Gasteiger partial charge in [-0.15, -0.1) is 0 Å². The fourth-order valence-electron chi connectivity index (χ4n) is 1.67. The second-order valence-electron chi connectivity index (χ2n) is 3.77. The van der Waals surface area contributed by atoms with Crippen LogP contribution in [0.2, 0.25) is 5.02 Å². The van der Waals surface area contributed by atoms with Gasteiger partial charge >= 0.3 is 12.2 Å². The Hall–Kier alpha value is -1.50. The Balaban J connectivity index is 2.46. The number of rotatable bonds is 1. The van der Waals surface area contributed by atoms with Gasteiger partial charge in [-0.1, -0.05) is 11.6 Å². The monoisotopic (exact) mass is 282 g/mol. The largest absolute Gasteiger partial charge is 0.416 e. The first-order valence-corrected chi connectivity index (χ1v) is 5.27. The van der Waals surface area contributed by atoms with E-state index in [2.05, 4.69) is 10.6 Å². The van der Waals surface area contributed by atoms with Crippen molar-refractivity contribution >= 4 is 17.6 Å². The minimum absolute atomic E-state index is 0.00733. The van der Waals surface area contributed by atoms with Crippen LogP contribution in [-0.2, 0) is 6.18 Å². The highest BCUT2D eigenvalue weighted by atomic mass is 35.5. The molecule has 2 N–H and O–H groups in total. The zero-order valence-electron chi connectivity index (χ0n) is 8.74. The zero-order chi connectivity index (χ0) is 13.5. The molecule has 0 bridgehead atoms. The summed E-state index contributed by atoms with van der Waals surface area (Å²) in [4.78, 5) is 10.9. The predicted octanol–water partition coefficient (Wildman–Crippen LogP) is 2.85. The Morgan fingerprint density at radius 3 is 2.50 bits per heavy atom. The fourth-order valence-corrected chi connectivity index (χ4v) is 1.90. The van der Waals surface area contributed by atoms with E-state index in [-0.39, 0.29) is 12.1 Å². The molecule has 2 amide bonds. The Labute approximate surface area is 104 Å². The summed E-state index contributed by atoms with van der Waals surface area (Å²) in [5.74, 6) is -0.960. The summed E-state index contributed by atoms with van der Waals surface area (Å²) < 4.78 is 51.3. The number of halogens is 5. The average Bonchev–Trinajstić information content (AvgIpc) is 2.67. The van der Waals surface area contributed by atoms with Crippen molar-refractivity contribution < 1.29 is 22.4 Å². The molecule has 1 aromatic rings. The summed E-state index contributed by atoms with van der Waals surface area (Å²) in [7, 11) is 0. The van der Waals surface area contributed by atoms with Gasteiger partial charge in [-0.25, -0.2) is 9.18 Å². The molecule has 8 heteroatoms. The van der Waals surface area contributed by atoms with E-state index in [0.717, 1.165) is 0 Å². The van der Waals surface area contributed by atoms with Gasteiger partial charge in [-0.05, 0) is 12.1 Å². The van der Waals surface area contributed by atoms with Crippen molar-refractivity contribution in [3.63, 3.8) is 0 Å². The van der Waals surface area contributed by atoms with Crippen molar-refractivity contribution in [3.05, 3.63) is 34.1 Å². The van der Waals surface area contributed by atoms with Crippen LogP contribution in [0.5, 0.6) is 0 Å². The molecule has 98 valence electrons. The zero-order valence-corrected chi connectivity index (χ0v) is 9.49. The summed E-state index contributed by atoms with van der Waals surface area (Å²) in [6.45, 7) is 0.00733. The molecule has 0 unspecified atom stereocenters. The number of carbonyl (C=O) groups excluding carboxylic acids is 1. The lowest BCUT2D eigenvalue weighted by Gasteiger charge is -2.15. The molecule has 1 saturated heterocycles. The molecule has 3 nitrogen and oxygen atoms in total. The Kier molecular flexibility index (Phi) is 3.10. The normalized spacial score (nSPS) is 19.6. The van der Waals surface area contributed by atoms with Gasteiger partial charge in [0.1, 0.15) is 5.82 Å². The van der Waals surface area contributed by atoms with Crippen molar-refractivity contribution in [2.45, 2.75) is 12.2 Å². The minimum Gasteiger partial charge on any atom is -0.336 e. The van der Waals surface area contributed by atoms with Crippen LogP contribution in [0, 0.1) is 5.82 Å². The van der Waals surface area contributed by atoms with Gasteiger partial charge in [0.15, 0.2) is 0 Å². The van der Waals surface area contributed by atoms with E-state index in [9.17, 15) is 22.4 Å². The smallest absolute Gasteiger partial charge is 0.336 e. The van der Waals surface area contributed by atoms with E-state index in [1.165, 1.54) is 0 Å². The van der Waals surface area contributed by atoms with E-state index < -0.39 is 34.7 Å². The van der Waals surface area contributed by atoms with Crippen molar-refractivity contribution in [2.75, 3.05) is 6.54 Å². The van der Waals surface area contributed by atoms with Crippen LogP contribution in [-0.4, -0.2) is 12.6 Å². The topological polar surface area (TPSA) is 41.1 Å². The van der Waals surface area contributed by atoms with Gasteiger partial charge in [0.05, 0.1) is 16.6 Å². The molecule has 0 aromatic heterocycles. The first kappa shape index (κ1) is 12.9. The van der Waals surface area contributed by atoms with Crippen LogP contribution in [0.15, 0.2) is 12.1 Å². The van der Waals surface area contributed by atoms with Gasteiger partial charge in [0.2, 0.25) is 0 Å². The van der Waals surface area contributed by atoms with E-state index in [0.29, 0.717) is 12.1 Å². The van der Waals surface area contributed by atoms with E-state index in [1.807, 2.05) is 0 Å². The van der Waals surface area contributed by atoms with Crippen LogP contribution >= 0.6 is 11.6 Å². The number of carbonyl (C=O) groups is 1. The first-order chi connectivity index (χ1) is 8.29. The van der Waals surface area contributed by atoms with Crippen LogP contribution in [0.3, 0.4) is 0 Å². The quantitative estimate of drug-likeness (QED) is 0.764. The Morgan fingerprint density at radius 2 is 2.00 bits per heavy atom. The molecule has 1 aliphatic heterocycles. The van der Waals surface area contributed by atoms with E-state index in [1.54, 1.807) is 0 Å². The number of benzene rings is 1. The van der Waals surface area contributed by atoms with E-state index >= 15 is 0 Å². The summed E-state index contributed by atoms with van der Waals surface area (Å²) in [5.41, 5.74) is -1.33. The average molecular weight is 283 g/mol. The Bertz CT molecular complexity index is 503. The highest BCUT2D eigenvalue weighted by molar-refractivity contribution is 6.30. The molecule has 0 spiro atoms. The van der Waals surface area contributed by atoms with Gasteiger partial charge in [-0.3, -0.25) is 0 Å². The molecule has 1 aromatic carbocycles. The van der Waals surface area contributed by atoms with Crippen molar-refractivity contribution in [1.29, 1.82) is 0 Å². The van der Waals surface area contributed by atoms with Crippen molar-refractivity contribution in [2.24, 2.45) is 0 Å². The molecular weight excluding hydrogens is 276 g/mol. The summed E-state index contributed by atoms with van der Waals surface area (Å²) >= 11 is 5.43. The number of amides is 2. The standard InChI is InChI=1S/C10H7ClF4N2O/c11-6-2-4(10(13,14)15)1-5(8(6)12)7-3-16-9(18)17-7/h1-2,7H,3H2,(H2,16,17,18)/t7-/m0/s1. The molecule has 0 aliphatic carbocycles. The first-order valence-electron chi connectivity index (χ1n) is 4.89. The number of nitrogens with one attached hydrogen (secondary N) is 2. The minimum atomic E-state index is -4.62. The fraction of sp³-hybridized carbons (Fsp3) is 0.300. The molecule has 1 aliphatic rings. The summed E-state index contributed by atoms with van der Waals surface area (Å²) in [6, 6.07) is -0.255. The molecule has 0 radical (unpaired) electrons. The van der Waals surface area contributed by atoms with Crippen molar-refractivity contribution in [1.82, 2.24) is 10.6 Å². The Morgan fingerprint density at radius 1 is 1.33 bits per heavy atom. The lowest BCUT2D eigenvalue weighted by molar-refractivity contribution is -0.137. The van der Waals surface area contributed by atoms with Crippen LogP contribution in [0.25, 0.3) is 0 Å². The molecule has 0 saturated carbocycles. The van der Waals surface area contributed by atoms with Gasteiger partial charge in [-0.2, -0.15) is 13.2 Å². The molecule has 1 heterocycles. The highest BCUT2D eigenvalue weighted by Gasteiger charge is 2.34. The molecule has 1 atom stereocenters. The van der Waals surface area contributed by atoms with Crippen LogP contribution in [0.4, 0.5) is 22.4 Å². The van der Waals surface area contributed by atoms with Crippen molar-refractivity contribution in [3.8, 4) is 0 Å². The number of hydrogen-bond donors (Lipinski definition) is 2. The summed E-state index contributed by atoms with van der Waals surface area (Å²) in [6.07, 6.45) is -4.62. The lowest BCUT2D eigenvalue weighted by atomic mass is 10.0. The number of alkyl halides is 3. The number of hydrogen-bond acceptors (Lipinski definition) is 1. The van der Waals surface area contributed by atoms with Gasteiger partial charge in [0.25, 0.3) is 0 Å². The number of urea groups is 1. The maximum atomic E-state index is 13.7. The third kappa shape index (κ3) is 2.35.